The van der Waals surface area contributed by atoms with Crippen LogP contribution in [-0.2, 0) is 4.79 Å². The van der Waals surface area contributed by atoms with Crippen molar-refractivity contribution in [2.75, 3.05) is 11.9 Å². The standard InChI is InChI=1S/C17H15N5O4/c23-17(9-12-26-16-7-5-15(6-8-16)22(24)25)20-13-1-3-14(4-2-13)21-18-10-11-19-21/h1-8,10-11H,9,12H2,(H,20,23). The molecule has 0 fully saturated rings. The number of aromatic nitrogens is 3. The Kier molecular flexibility index (Phi) is 5.18. The molecule has 9 heteroatoms. The maximum atomic E-state index is 11.9. The van der Waals surface area contributed by atoms with Crippen LogP contribution in [0.25, 0.3) is 5.69 Å². The summed E-state index contributed by atoms with van der Waals surface area (Å²) in [5.41, 5.74) is 1.43. The monoisotopic (exact) mass is 353 g/mol. The molecule has 2 aromatic carbocycles. The second-order valence-corrected chi connectivity index (χ2v) is 5.26. The van der Waals surface area contributed by atoms with E-state index in [9.17, 15) is 14.9 Å². The first-order valence-corrected chi connectivity index (χ1v) is 7.76. The fourth-order valence-electron chi connectivity index (χ4n) is 2.18. The molecule has 0 bridgehead atoms. The second-order valence-electron chi connectivity index (χ2n) is 5.26. The smallest absolute Gasteiger partial charge is 0.269 e. The van der Waals surface area contributed by atoms with Crippen molar-refractivity contribution >= 4 is 17.3 Å². The molecule has 3 aromatic rings. The van der Waals surface area contributed by atoms with E-state index < -0.39 is 4.92 Å². The van der Waals surface area contributed by atoms with Crippen LogP contribution < -0.4 is 10.1 Å². The number of benzene rings is 2. The van der Waals surface area contributed by atoms with Crippen LogP contribution >= 0.6 is 0 Å². The number of nitrogens with zero attached hydrogens (tertiary/aromatic N) is 4. The van der Waals surface area contributed by atoms with E-state index >= 15 is 0 Å². The highest BCUT2D eigenvalue weighted by Gasteiger charge is 2.06. The van der Waals surface area contributed by atoms with Crippen LogP contribution in [-0.4, -0.2) is 32.4 Å². The van der Waals surface area contributed by atoms with E-state index in [1.54, 1.807) is 36.7 Å². The van der Waals surface area contributed by atoms with Gasteiger partial charge in [0.2, 0.25) is 5.91 Å². The van der Waals surface area contributed by atoms with Gasteiger partial charge in [-0.15, -0.1) is 0 Å². The molecular weight excluding hydrogens is 338 g/mol. The first-order valence-electron chi connectivity index (χ1n) is 7.76. The summed E-state index contributed by atoms with van der Waals surface area (Å²) in [6, 6.07) is 12.8. The zero-order valence-electron chi connectivity index (χ0n) is 13.6. The predicted octanol–water partition coefficient (Wildman–Crippen LogP) is 2.58. The summed E-state index contributed by atoms with van der Waals surface area (Å²) >= 11 is 0. The average Bonchev–Trinajstić information content (AvgIpc) is 3.17. The number of rotatable bonds is 7. The number of hydrogen-bond acceptors (Lipinski definition) is 6. The summed E-state index contributed by atoms with van der Waals surface area (Å²) in [5.74, 6) is 0.274. The second kappa shape index (κ2) is 7.88. The van der Waals surface area contributed by atoms with Gasteiger partial charge in [-0.1, -0.05) is 0 Å². The Morgan fingerprint density at radius 2 is 1.73 bits per heavy atom. The molecule has 0 aliphatic carbocycles. The molecular formula is C17H15N5O4. The number of amides is 1. The Morgan fingerprint density at radius 3 is 2.35 bits per heavy atom. The topological polar surface area (TPSA) is 112 Å². The van der Waals surface area contributed by atoms with Crippen molar-refractivity contribution < 1.29 is 14.5 Å². The lowest BCUT2D eigenvalue weighted by atomic mass is 10.2. The molecule has 1 heterocycles. The summed E-state index contributed by atoms with van der Waals surface area (Å²) in [7, 11) is 0. The van der Waals surface area contributed by atoms with Crippen LogP contribution in [0.2, 0.25) is 0 Å². The van der Waals surface area contributed by atoms with Gasteiger partial charge >= 0.3 is 0 Å². The predicted molar refractivity (Wildman–Crippen MR) is 93.2 cm³/mol. The lowest BCUT2D eigenvalue weighted by molar-refractivity contribution is -0.384. The summed E-state index contributed by atoms with van der Waals surface area (Å²) in [6.45, 7) is 0.166. The minimum atomic E-state index is -0.481. The molecule has 1 N–H and O–H groups in total. The van der Waals surface area contributed by atoms with E-state index in [0.717, 1.165) is 5.69 Å². The highest BCUT2D eigenvalue weighted by Crippen LogP contribution is 2.17. The van der Waals surface area contributed by atoms with Gasteiger partial charge in [0.25, 0.3) is 5.69 Å². The molecule has 3 rings (SSSR count). The molecule has 9 nitrogen and oxygen atoms in total. The maximum absolute atomic E-state index is 11.9. The number of ether oxygens (including phenoxy) is 1. The third-order valence-electron chi connectivity index (χ3n) is 3.45. The van der Waals surface area contributed by atoms with Gasteiger partial charge in [0.05, 0.1) is 36.0 Å². The van der Waals surface area contributed by atoms with Gasteiger partial charge in [-0.25, -0.2) is 0 Å². The Bertz CT molecular complexity index is 877. The number of carbonyl (C=O) groups excluding carboxylic acids is 1. The van der Waals surface area contributed by atoms with E-state index in [4.69, 9.17) is 4.74 Å². The van der Waals surface area contributed by atoms with Crippen molar-refractivity contribution in [3.63, 3.8) is 0 Å². The largest absolute Gasteiger partial charge is 0.493 e. The normalized spacial score (nSPS) is 10.3. The van der Waals surface area contributed by atoms with Crippen LogP contribution in [0.15, 0.2) is 60.9 Å². The fraction of sp³-hybridized carbons (Fsp3) is 0.118. The van der Waals surface area contributed by atoms with Crippen LogP contribution in [0.1, 0.15) is 6.42 Å². The van der Waals surface area contributed by atoms with Gasteiger partial charge in [-0.05, 0) is 36.4 Å². The van der Waals surface area contributed by atoms with Gasteiger partial charge in [0, 0.05) is 17.8 Å². The van der Waals surface area contributed by atoms with Crippen molar-refractivity contribution in [2.45, 2.75) is 6.42 Å². The molecule has 26 heavy (non-hydrogen) atoms. The van der Waals surface area contributed by atoms with Crippen LogP contribution in [0.4, 0.5) is 11.4 Å². The Balaban J connectivity index is 1.46. The molecule has 1 amide bonds. The minimum absolute atomic E-state index is 0.0103. The number of nitro benzene ring substituents is 1. The summed E-state index contributed by atoms with van der Waals surface area (Å²) in [6.07, 6.45) is 3.32. The van der Waals surface area contributed by atoms with Crippen LogP contribution in [0.3, 0.4) is 0 Å². The zero-order chi connectivity index (χ0) is 18.4. The lowest BCUT2D eigenvalue weighted by Crippen LogP contribution is -2.15. The molecule has 1 aromatic heterocycles. The molecule has 0 atom stereocenters. The van der Waals surface area contributed by atoms with Crippen molar-refractivity contribution in [2.24, 2.45) is 0 Å². The zero-order valence-corrected chi connectivity index (χ0v) is 13.6. The number of nitrogens with one attached hydrogen (secondary N) is 1. The van der Waals surface area contributed by atoms with E-state index in [1.807, 2.05) is 0 Å². The number of anilines is 1. The van der Waals surface area contributed by atoms with Crippen LogP contribution in [0.5, 0.6) is 5.75 Å². The number of hydrogen-bond donors (Lipinski definition) is 1. The molecule has 0 aliphatic rings. The molecule has 0 saturated carbocycles. The Hall–Kier alpha value is -3.75. The van der Waals surface area contributed by atoms with Gasteiger partial charge in [-0.2, -0.15) is 15.0 Å². The molecule has 0 aliphatic heterocycles. The third-order valence-corrected chi connectivity index (χ3v) is 3.45. The van der Waals surface area contributed by atoms with Gasteiger partial charge < -0.3 is 10.1 Å². The van der Waals surface area contributed by atoms with Crippen molar-refractivity contribution in [3.05, 3.63) is 71.0 Å². The number of carbonyl (C=O) groups is 1. The quantitative estimate of drug-likeness (QED) is 0.516. The number of nitro groups is 1. The van der Waals surface area contributed by atoms with E-state index in [2.05, 4.69) is 15.5 Å². The van der Waals surface area contributed by atoms with Crippen LogP contribution in [0, 0.1) is 10.1 Å². The fourth-order valence-corrected chi connectivity index (χ4v) is 2.18. The Morgan fingerprint density at radius 1 is 1.08 bits per heavy atom. The van der Waals surface area contributed by atoms with Crippen molar-refractivity contribution in [3.8, 4) is 11.4 Å². The molecule has 0 saturated heterocycles. The number of non-ortho nitro benzene ring substituents is 1. The molecule has 0 radical (unpaired) electrons. The SMILES string of the molecule is O=C(CCOc1ccc([N+](=O)[O-])cc1)Nc1ccc(-n2nccn2)cc1. The molecule has 132 valence electrons. The van der Waals surface area contributed by atoms with Gasteiger partial charge in [0.1, 0.15) is 5.75 Å². The first-order chi connectivity index (χ1) is 12.6. The highest BCUT2D eigenvalue weighted by atomic mass is 16.6. The van der Waals surface area contributed by atoms with Crippen molar-refractivity contribution in [1.29, 1.82) is 0 Å². The summed E-state index contributed by atoms with van der Waals surface area (Å²) in [4.78, 5) is 23.5. The van der Waals surface area contributed by atoms with E-state index in [-0.39, 0.29) is 24.6 Å². The summed E-state index contributed by atoms with van der Waals surface area (Å²) < 4.78 is 5.41. The molecule has 0 unspecified atom stereocenters. The minimum Gasteiger partial charge on any atom is -0.493 e. The summed E-state index contributed by atoms with van der Waals surface area (Å²) in [5, 5.41) is 21.4. The third kappa shape index (κ3) is 4.41. The maximum Gasteiger partial charge on any atom is 0.269 e. The van der Waals surface area contributed by atoms with E-state index in [1.165, 1.54) is 29.1 Å². The molecule has 0 spiro atoms. The van der Waals surface area contributed by atoms with Gasteiger partial charge in [-0.3, -0.25) is 14.9 Å². The average molecular weight is 353 g/mol. The van der Waals surface area contributed by atoms with E-state index in [0.29, 0.717) is 11.4 Å². The Labute approximate surface area is 148 Å². The van der Waals surface area contributed by atoms with Gasteiger partial charge in [0.15, 0.2) is 0 Å². The first kappa shape index (κ1) is 17.1. The van der Waals surface area contributed by atoms with Crippen molar-refractivity contribution in [1.82, 2.24) is 15.0 Å². The highest BCUT2D eigenvalue weighted by molar-refractivity contribution is 5.90. The lowest BCUT2D eigenvalue weighted by Gasteiger charge is -2.08.